The monoisotopic (exact) mass is 374 g/mol. The Kier molecular flexibility index (Phi) is 5.51. The van der Waals surface area contributed by atoms with Crippen molar-refractivity contribution in [1.29, 1.82) is 0 Å². The van der Waals surface area contributed by atoms with Crippen LogP contribution in [0.3, 0.4) is 0 Å². The second-order valence-corrected chi connectivity index (χ2v) is 6.92. The Morgan fingerprint density at radius 3 is 2.39 bits per heavy atom. The largest absolute Gasteiger partial charge is 0.355 e. The first-order valence-electron chi connectivity index (χ1n) is 9.49. The van der Waals surface area contributed by atoms with Gasteiger partial charge in [0.05, 0.1) is 0 Å². The summed E-state index contributed by atoms with van der Waals surface area (Å²) in [6, 6.07) is 15.9. The first-order valence-corrected chi connectivity index (χ1v) is 9.49. The molecule has 0 unspecified atom stereocenters. The van der Waals surface area contributed by atoms with Crippen molar-refractivity contribution in [2.75, 3.05) is 23.3 Å². The summed E-state index contributed by atoms with van der Waals surface area (Å²) in [6.45, 7) is 1.91. The number of rotatable bonds is 5. The minimum Gasteiger partial charge on any atom is -0.355 e. The maximum absolute atomic E-state index is 12.2. The SMILES string of the molecule is O=C(Nc1ncccn1)c1ccc(N2CCC(Cc3ccccc3)CC2)nn1. The number of anilines is 2. The van der Waals surface area contributed by atoms with Crippen molar-refractivity contribution in [3.63, 3.8) is 0 Å². The molecule has 1 fully saturated rings. The minimum absolute atomic E-state index is 0.246. The first-order chi connectivity index (χ1) is 13.8. The summed E-state index contributed by atoms with van der Waals surface area (Å²) in [7, 11) is 0. The highest BCUT2D eigenvalue weighted by Gasteiger charge is 2.21. The third-order valence-corrected chi connectivity index (χ3v) is 4.98. The molecular formula is C21H22N6O. The summed E-state index contributed by atoms with van der Waals surface area (Å²) in [5, 5.41) is 10.9. The van der Waals surface area contributed by atoms with Gasteiger partial charge in [-0.3, -0.25) is 10.1 Å². The van der Waals surface area contributed by atoms with E-state index < -0.39 is 0 Å². The molecule has 7 heteroatoms. The predicted octanol–water partition coefficient (Wildman–Crippen LogP) is 2.98. The maximum atomic E-state index is 12.2. The molecule has 1 amide bonds. The van der Waals surface area contributed by atoms with Gasteiger partial charge in [-0.05, 0) is 48.9 Å². The number of hydrogen-bond donors (Lipinski definition) is 1. The molecular weight excluding hydrogens is 352 g/mol. The zero-order valence-electron chi connectivity index (χ0n) is 15.5. The van der Waals surface area contributed by atoms with E-state index in [1.54, 1.807) is 24.5 Å². The lowest BCUT2D eigenvalue weighted by molar-refractivity contribution is 0.102. The summed E-state index contributed by atoms with van der Waals surface area (Å²) in [6.07, 6.45) is 6.52. The molecule has 142 valence electrons. The van der Waals surface area contributed by atoms with E-state index in [-0.39, 0.29) is 17.5 Å². The van der Waals surface area contributed by atoms with Crippen molar-refractivity contribution < 1.29 is 4.79 Å². The van der Waals surface area contributed by atoms with Crippen LogP contribution in [0.25, 0.3) is 0 Å². The van der Waals surface area contributed by atoms with Gasteiger partial charge in [-0.25, -0.2) is 9.97 Å². The summed E-state index contributed by atoms with van der Waals surface area (Å²) in [4.78, 5) is 22.4. The van der Waals surface area contributed by atoms with E-state index in [9.17, 15) is 4.79 Å². The van der Waals surface area contributed by atoms with E-state index in [1.807, 2.05) is 6.07 Å². The minimum atomic E-state index is -0.369. The molecule has 1 saturated heterocycles. The summed E-state index contributed by atoms with van der Waals surface area (Å²) < 4.78 is 0. The van der Waals surface area contributed by atoms with Crippen LogP contribution in [0.1, 0.15) is 28.9 Å². The Labute approximate surface area is 163 Å². The molecule has 0 spiro atoms. The molecule has 4 rings (SSSR count). The maximum Gasteiger partial charge on any atom is 0.278 e. The average Bonchev–Trinajstić information content (AvgIpc) is 2.76. The third-order valence-electron chi connectivity index (χ3n) is 4.98. The highest BCUT2D eigenvalue weighted by Crippen LogP contribution is 2.24. The van der Waals surface area contributed by atoms with Crippen LogP contribution in [0.5, 0.6) is 0 Å². The highest BCUT2D eigenvalue weighted by molar-refractivity contribution is 6.01. The van der Waals surface area contributed by atoms with Gasteiger partial charge in [0.15, 0.2) is 11.5 Å². The quantitative estimate of drug-likeness (QED) is 0.739. The molecule has 1 aliphatic heterocycles. The topological polar surface area (TPSA) is 83.9 Å². The van der Waals surface area contributed by atoms with E-state index in [2.05, 4.69) is 60.7 Å². The number of piperidine rings is 1. The van der Waals surface area contributed by atoms with Crippen molar-refractivity contribution in [1.82, 2.24) is 20.2 Å². The van der Waals surface area contributed by atoms with Gasteiger partial charge in [0.1, 0.15) is 0 Å². The van der Waals surface area contributed by atoms with Crippen LogP contribution >= 0.6 is 0 Å². The Bertz CT molecular complexity index is 893. The molecule has 0 aliphatic carbocycles. The van der Waals surface area contributed by atoms with Gasteiger partial charge in [-0.2, -0.15) is 0 Å². The number of amides is 1. The first kappa shape index (κ1) is 18.0. The lowest BCUT2D eigenvalue weighted by atomic mass is 9.90. The van der Waals surface area contributed by atoms with Gasteiger partial charge in [0.25, 0.3) is 5.91 Å². The fourth-order valence-electron chi connectivity index (χ4n) is 3.46. The van der Waals surface area contributed by atoms with E-state index in [4.69, 9.17) is 0 Å². The second-order valence-electron chi connectivity index (χ2n) is 6.92. The van der Waals surface area contributed by atoms with Gasteiger partial charge in [-0.15, -0.1) is 10.2 Å². The molecule has 0 bridgehead atoms. The van der Waals surface area contributed by atoms with Crippen LogP contribution < -0.4 is 10.2 Å². The van der Waals surface area contributed by atoms with Crippen LogP contribution in [0, 0.1) is 5.92 Å². The summed E-state index contributed by atoms with van der Waals surface area (Å²) in [5.41, 5.74) is 1.65. The molecule has 2 aromatic heterocycles. The Hall–Kier alpha value is -3.35. The van der Waals surface area contributed by atoms with Crippen molar-refractivity contribution in [2.24, 2.45) is 5.92 Å². The van der Waals surface area contributed by atoms with E-state index in [1.165, 1.54) is 5.56 Å². The van der Waals surface area contributed by atoms with Crippen LogP contribution in [-0.2, 0) is 6.42 Å². The van der Waals surface area contributed by atoms with Crippen LogP contribution in [0.4, 0.5) is 11.8 Å². The van der Waals surface area contributed by atoms with Crippen molar-refractivity contribution >= 4 is 17.7 Å². The predicted molar refractivity (Wildman–Crippen MR) is 107 cm³/mol. The lowest BCUT2D eigenvalue weighted by Gasteiger charge is -2.32. The molecule has 1 aromatic carbocycles. The van der Waals surface area contributed by atoms with E-state index >= 15 is 0 Å². The summed E-state index contributed by atoms with van der Waals surface area (Å²) >= 11 is 0. The van der Waals surface area contributed by atoms with Gasteiger partial charge in [-0.1, -0.05) is 30.3 Å². The lowest BCUT2D eigenvalue weighted by Crippen LogP contribution is -2.35. The van der Waals surface area contributed by atoms with Crippen LogP contribution in [0.2, 0.25) is 0 Å². The fraction of sp³-hybridized carbons (Fsp3) is 0.286. The number of benzene rings is 1. The Morgan fingerprint density at radius 1 is 0.964 bits per heavy atom. The molecule has 1 N–H and O–H groups in total. The van der Waals surface area contributed by atoms with Gasteiger partial charge in [0.2, 0.25) is 5.95 Å². The number of carbonyl (C=O) groups excluding carboxylic acids is 1. The Balaban J connectivity index is 1.31. The molecule has 3 aromatic rings. The molecule has 0 radical (unpaired) electrons. The second kappa shape index (κ2) is 8.56. The van der Waals surface area contributed by atoms with Gasteiger partial charge >= 0.3 is 0 Å². The average molecular weight is 374 g/mol. The van der Waals surface area contributed by atoms with Gasteiger partial charge < -0.3 is 4.90 Å². The Morgan fingerprint density at radius 2 is 1.71 bits per heavy atom. The molecule has 1 aliphatic rings. The number of nitrogens with zero attached hydrogens (tertiary/aromatic N) is 5. The van der Waals surface area contributed by atoms with E-state index in [0.717, 1.165) is 38.2 Å². The van der Waals surface area contributed by atoms with Crippen molar-refractivity contribution in [3.05, 3.63) is 72.2 Å². The standard InChI is InChI=1S/C21H22N6O/c28-20(24-21-22-11-4-12-23-21)18-7-8-19(26-25-18)27-13-9-17(10-14-27)15-16-5-2-1-3-6-16/h1-8,11-12,17H,9-10,13-15H2,(H,22,23,24,28). The van der Waals surface area contributed by atoms with E-state index in [0.29, 0.717) is 5.92 Å². The number of hydrogen-bond acceptors (Lipinski definition) is 6. The third kappa shape index (κ3) is 4.49. The highest BCUT2D eigenvalue weighted by atomic mass is 16.2. The van der Waals surface area contributed by atoms with Crippen LogP contribution in [-0.4, -0.2) is 39.2 Å². The number of carbonyl (C=O) groups is 1. The van der Waals surface area contributed by atoms with Crippen molar-refractivity contribution in [3.8, 4) is 0 Å². The summed E-state index contributed by atoms with van der Waals surface area (Å²) in [5.74, 6) is 1.39. The van der Waals surface area contributed by atoms with Crippen LogP contribution in [0.15, 0.2) is 60.9 Å². The van der Waals surface area contributed by atoms with Gasteiger partial charge in [0, 0.05) is 25.5 Å². The number of nitrogens with one attached hydrogen (secondary N) is 1. The normalized spacial score (nSPS) is 14.6. The zero-order chi connectivity index (χ0) is 19.2. The number of aromatic nitrogens is 4. The molecule has 0 saturated carbocycles. The molecule has 7 nitrogen and oxygen atoms in total. The fourth-order valence-corrected chi connectivity index (χ4v) is 3.46. The smallest absolute Gasteiger partial charge is 0.278 e. The molecule has 28 heavy (non-hydrogen) atoms. The molecule has 0 atom stereocenters. The molecule has 3 heterocycles. The van der Waals surface area contributed by atoms with Crippen molar-refractivity contribution in [2.45, 2.75) is 19.3 Å². The zero-order valence-corrected chi connectivity index (χ0v) is 15.5.